The minimum atomic E-state index is -0.597. The predicted molar refractivity (Wildman–Crippen MR) is 114 cm³/mol. The number of ketones is 1. The molecule has 1 aromatic carbocycles. The van der Waals surface area contributed by atoms with E-state index < -0.39 is 5.92 Å². The van der Waals surface area contributed by atoms with Crippen molar-refractivity contribution in [2.75, 3.05) is 20.3 Å². The molecule has 3 aliphatic carbocycles. The quantitative estimate of drug-likeness (QED) is 0.560. The fourth-order valence-corrected chi connectivity index (χ4v) is 6.86. The van der Waals surface area contributed by atoms with E-state index in [-0.39, 0.29) is 17.2 Å². The number of Topliss-reactive ketones (excluding diaryl/α,β-unsaturated/α-hetero) is 1. The molecule has 5 rings (SSSR count). The molecule has 0 amide bonds. The Morgan fingerprint density at radius 3 is 2.77 bits per heavy atom. The lowest BCUT2D eigenvalue weighted by Crippen LogP contribution is -2.66. The molecule has 2 bridgehead atoms. The summed E-state index contributed by atoms with van der Waals surface area (Å²) in [6.45, 7) is 5.37. The van der Waals surface area contributed by atoms with E-state index in [1.807, 2.05) is 6.92 Å². The van der Waals surface area contributed by atoms with Gasteiger partial charge >= 0.3 is 5.97 Å². The number of hydrogen-bond donors (Lipinski definition) is 0. The summed E-state index contributed by atoms with van der Waals surface area (Å²) in [7, 11) is 1.71. The van der Waals surface area contributed by atoms with E-state index >= 15 is 0 Å². The monoisotopic (exact) mass is 411 g/mol. The van der Waals surface area contributed by atoms with Gasteiger partial charge in [0.05, 0.1) is 13.7 Å². The normalized spacial score (nSPS) is 33.3. The Balaban J connectivity index is 1.60. The molecule has 1 aromatic rings. The summed E-state index contributed by atoms with van der Waals surface area (Å²) in [6.07, 6.45) is 6.97. The minimum Gasteiger partial charge on any atom is -0.497 e. The van der Waals surface area contributed by atoms with E-state index in [2.05, 4.69) is 24.0 Å². The first-order valence-electron chi connectivity index (χ1n) is 11.6. The highest BCUT2D eigenvalue weighted by atomic mass is 16.5. The van der Waals surface area contributed by atoms with E-state index in [0.717, 1.165) is 25.1 Å². The first kappa shape index (κ1) is 20.0. The molecule has 1 saturated heterocycles. The Kier molecular flexibility index (Phi) is 4.92. The van der Waals surface area contributed by atoms with Crippen molar-refractivity contribution in [1.82, 2.24) is 4.90 Å². The van der Waals surface area contributed by atoms with Gasteiger partial charge in [-0.05, 0) is 87.2 Å². The molecule has 4 aliphatic rings. The van der Waals surface area contributed by atoms with Crippen molar-refractivity contribution in [2.45, 2.75) is 76.3 Å². The zero-order valence-corrected chi connectivity index (χ0v) is 18.4. The van der Waals surface area contributed by atoms with Crippen LogP contribution in [0.3, 0.4) is 0 Å². The van der Waals surface area contributed by atoms with E-state index in [1.54, 1.807) is 7.11 Å². The lowest BCUT2D eigenvalue weighted by Gasteiger charge is -2.61. The van der Waals surface area contributed by atoms with Crippen LogP contribution in [0.5, 0.6) is 5.75 Å². The number of aryl methyl sites for hydroxylation is 1. The molecule has 2 saturated carbocycles. The summed E-state index contributed by atoms with van der Waals surface area (Å²) in [4.78, 5) is 28.6. The summed E-state index contributed by atoms with van der Waals surface area (Å²) >= 11 is 0. The third kappa shape index (κ3) is 2.84. The first-order chi connectivity index (χ1) is 14.5. The number of nitrogens with zero attached hydrogens (tertiary/aromatic N) is 1. The van der Waals surface area contributed by atoms with Gasteiger partial charge in [-0.2, -0.15) is 0 Å². The molecule has 5 heteroatoms. The average molecular weight is 412 g/mol. The average Bonchev–Trinajstić information content (AvgIpc) is 2.68. The smallest absolute Gasteiger partial charge is 0.316 e. The molecule has 0 aromatic heterocycles. The molecule has 3 fully saturated rings. The SMILES string of the molecule is CCOC(=O)C1C[C@H]2[C@H]3Cc4c(C)cc(OC)cc4[C@@]2(CCN3C2CCC2)CC1=O. The number of likely N-dealkylation sites (tertiary alicyclic amines) is 1. The van der Waals surface area contributed by atoms with E-state index in [9.17, 15) is 9.59 Å². The molecule has 0 radical (unpaired) electrons. The Hall–Kier alpha value is -1.88. The Morgan fingerprint density at radius 1 is 1.30 bits per heavy atom. The summed E-state index contributed by atoms with van der Waals surface area (Å²) in [5.41, 5.74) is 3.81. The van der Waals surface area contributed by atoms with E-state index in [0.29, 0.717) is 37.5 Å². The lowest BCUT2D eigenvalue weighted by atomic mass is 9.50. The van der Waals surface area contributed by atoms with Crippen LogP contribution < -0.4 is 4.74 Å². The molecule has 5 nitrogen and oxygen atoms in total. The number of carbonyl (C=O) groups is 2. The van der Waals surface area contributed by atoms with Gasteiger partial charge in [0.25, 0.3) is 0 Å². The molecular weight excluding hydrogens is 378 g/mol. The largest absolute Gasteiger partial charge is 0.497 e. The fourth-order valence-electron chi connectivity index (χ4n) is 6.86. The highest BCUT2D eigenvalue weighted by Gasteiger charge is 2.59. The summed E-state index contributed by atoms with van der Waals surface area (Å²) in [5.74, 6) is 0.337. The van der Waals surface area contributed by atoms with E-state index in [1.165, 1.54) is 36.0 Å². The second kappa shape index (κ2) is 7.37. The van der Waals surface area contributed by atoms with Crippen LogP contribution >= 0.6 is 0 Å². The molecule has 0 spiro atoms. The zero-order valence-electron chi connectivity index (χ0n) is 18.4. The number of rotatable bonds is 4. The van der Waals surface area contributed by atoms with Crippen molar-refractivity contribution >= 4 is 11.8 Å². The van der Waals surface area contributed by atoms with Gasteiger partial charge in [0, 0.05) is 23.9 Å². The predicted octanol–water partition coefficient (Wildman–Crippen LogP) is 3.58. The number of piperidine rings is 1. The highest BCUT2D eigenvalue weighted by Crippen LogP contribution is 2.58. The van der Waals surface area contributed by atoms with Gasteiger partial charge in [-0.3, -0.25) is 14.5 Å². The summed E-state index contributed by atoms with van der Waals surface area (Å²) in [5, 5.41) is 0. The Labute approximate surface area is 179 Å². The molecule has 0 N–H and O–H groups in total. The second-order valence-corrected chi connectivity index (χ2v) is 9.76. The molecule has 1 aliphatic heterocycles. The minimum absolute atomic E-state index is 0.0638. The third-order valence-electron chi connectivity index (χ3n) is 8.53. The number of esters is 1. The van der Waals surface area contributed by atoms with Gasteiger partial charge in [-0.15, -0.1) is 0 Å². The van der Waals surface area contributed by atoms with Crippen molar-refractivity contribution in [3.8, 4) is 5.75 Å². The van der Waals surface area contributed by atoms with Crippen molar-refractivity contribution in [2.24, 2.45) is 11.8 Å². The van der Waals surface area contributed by atoms with E-state index in [4.69, 9.17) is 9.47 Å². The van der Waals surface area contributed by atoms with Gasteiger partial charge < -0.3 is 9.47 Å². The van der Waals surface area contributed by atoms with Crippen molar-refractivity contribution in [1.29, 1.82) is 0 Å². The maximum Gasteiger partial charge on any atom is 0.316 e. The molecule has 1 heterocycles. The maximum absolute atomic E-state index is 13.2. The maximum atomic E-state index is 13.2. The summed E-state index contributed by atoms with van der Waals surface area (Å²) in [6, 6.07) is 5.40. The van der Waals surface area contributed by atoms with Gasteiger partial charge in [0.15, 0.2) is 0 Å². The van der Waals surface area contributed by atoms with Gasteiger partial charge in [-0.25, -0.2) is 0 Å². The molecular formula is C25H33NO4. The number of ether oxygens (including phenoxy) is 2. The third-order valence-corrected chi connectivity index (χ3v) is 8.53. The van der Waals surface area contributed by atoms with Crippen LogP contribution in [0.4, 0.5) is 0 Å². The second-order valence-electron chi connectivity index (χ2n) is 9.76. The van der Waals surface area contributed by atoms with Crippen LogP contribution in [0.25, 0.3) is 0 Å². The number of fused-ring (bicyclic) bond motifs is 1. The van der Waals surface area contributed by atoms with Gasteiger partial charge in [0.1, 0.15) is 17.5 Å². The summed E-state index contributed by atoms with van der Waals surface area (Å²) < 4.78 is 10.9. The topological polar surface area (TPSA) is 55.8 Å². The van der Waals surface area contributed by atoms with Crippen LogP contribution in [-0.2, 0) is 26.2 Å². The molecule has 162 valence electrons. The number of carbonyl (C=O) groups excluding carboxylic acids is 2. The zero-order chi connectivity index (χ0) is 21.0. The van der Waals surface area contributed by atoms with Crippen LogP contribution in [0.2, 0.25) is 0 Å². The van der Waals surface area contributed by atoms with Crippen molar-refractivity contribution < 1.29 is 19.1 Å². The van der Waals surface area contributed by atoms with Gasteiger partial charge in [-0.1, -0.05) is 6.42 Å². The Morgan fingerprint density at radius 2 is 2.10 bits per heavy atom. The first-order valence-corrected chi connectivity index (χ1v) is 11.6. The molecule has 30 heavy (non-hydrogen) atoms. The van der Waals surface area contributed by atoms with Gasteiger partial charge in [0.2, 0.25) is 0 Å². The van der Waals surface area contributed by atoms with Crippen LogP contribution in [-0.4, -0.2) is 49.0 Å². The standard InChI is InChI=1S/C25H33NO4/c1-4-30-24(28)19-12-21-22-13-18-15(2)10-17(29-3)11-20(18)25(21,14-23(19)27)8-9-26(22)16-6-5-7-16/h10-11,16,19,21-22H,4-9,12-14H2,1-3H3/t19?,21-,22+,25+/m0/s1. The molecule has 1 unspecified atom stereocenters. The lowest BCUT2D eigenvalue weighted by molar-refractivity contribution is -0.158. The highest BCUT2D eigenvalue weighted by molar-refractivity contribution is 6.00. The number of methoxy groups -OCH3 is 1. The van der Waals surface area contributed by atoms with Crippen molar-refractivity contribution in [3.05, 3.63) is 28.8 Å². The Bertz CT molecular complexity index is 876. The fraction of sp³-hybridized carbons (Fsp3) is 0.680. The van der Waals surface area contributed by atoms with Crippen LogP contribution in [0, 0.1) is 18.8 Å². The van der Waals surface area contributed by atoms with Crippen LogP contribution in [0.1, 0.15) is 62.1 Å². The number of benzene rings is 1. The van der Waals surface area contributed by atoms with Crippen LogP contribution in [0.15, 0.2) is 12.1 Å². The molecule has 4 atom stereocenters. The number of hydrogen-bond acceptors (Lipinski definition) is 5. The van der Waals surface area contributed by atoms with Crippen molar-refractivity contribution in [3.63, 3.8) is 0 Å².